The van der Waals surface area contributed by atoms with Crippen molar-refractivity contribution in [2.75, 3.05) is 13.1 Å². The molecule has 2 N–H and O–H groups in total. The normalized spacial score (nSPS) is 14.7. The van der Waals surface area contributed by atoms with Gasteiger partial charge in [-0.3, -0.25) is 9.78 Å². The molecule has 176 valence electrons. The average molecular weight is 486 g/mol. The lowest BCUT2D eigenvalue weighted by Crippen LogP contribution is -2.38. The average Bonchev–Trinajstić information content (AvgIpc) is 2.84. The first-order valence-corrected chi connectivity index (χ1v) is 11.2. The van der Waals surface area contributed by atoms with Crippen LogP contribution in [0, 0.1) is 6.92 Å². The number of nitrogens with zero attached hydrogens (tertiary/aromatic N) is 2. The zero-order chi connectivity index (χ0) is 21.8. The van der Waals surface area contributed by atoms with Gasteiger partial charge in [0.15, 0.2) is 0 Å². The Morgan fingerprint density at radius 1 is 1.03 bits per heavy atom. The fourth-order valence-corrected chi connectivity index (χ4v) is 4.58. The number of hydrogen-bond acceptors (Lipinski definition) is 3. The van der Waals surface area contributed by atoms with Crippen LogP contribution in [0.3, 0.4) is 0 Å². The molecule has 0 aliphatic carbocycles. The second-order valence-corrected chi connectivity index (χ2v) is 8.60. The monoisotopic (exact) mass is 485 g/mol. The Hall–Kier alpha value is -2.40. The molecule has 1 aliphatic rings. The summed E-state index contributed by atoms with van der Waals surface area (Å²) in [4.78, 5) is 19.6. The zero-order valence-corrected chi connectivity index (χ0v) is 20.9. The highest BCUT2D eigenvalue weighted by Crippen LogP contribution is 2.32. The summed E-state index contributed by atoms with van der Waals surface area (Å²) in [7, 11) is 0. The number of halogens is 2. The van der Waals surface area contributed by atoms with Gasteiger partial charge in [-0.25, -0.2) is 0 Å². The van der Waals surface area contributed by atoms with E-state index in [1.54, 1.807) is 6.20 Å². The first kappa shape index (κ1) is 26.8. The minimum absolute atomic E-state index is 0. The fraction of sp³-hybridized carbons (Fsp3) is 0.333. The van der Waals surface area contributed by atoms with Crippen LogP contribution in [-0.2, 0) is 6.54 Å². The Morgan fingerprint density at radius 3 is 2.39 bits per heavy atom. The second kappa shape index (κ2) is 12.2. The molecule has 1 amide bonds. The molecule has 1 atom stereocenters. The number of likely N-dealkylation sites (tertiary alicyclic amines) is 1. The zero-order valence-electron chi connectivity index (χ0n) is 19.2. The Labute approximate surface area is 209 Å². The number of benzene rings is 2. The third-order valence-corrected chi connectivity index (χ3v) is 6.61. The molecule has 4 rings (SSSR count). The third kappa shape index (κ3) is 6.14. The summed E-state index contributed by atoms with van der Waals surface area (Å²) < 4.78 is 0. The van der Waals surface area contributed by atoms with E-state index >= 15 is 0 Å². The molecule has 0 bridgehead atoms. The summed E-state index contributed by atoms with van der Waals surface area (Å²) in [6.07, 6.45) is 5.53. The predicted octanol–water partition coefficient (Wildman–Crippen LogP) is 5.86. The van der Waals surface area contributed by atoms with Crippen molar-refractivity contribution < 1.29 is 4.79 Å². The number of amides is 1. The first-order chi connectivity index (χ1) is 15.1. The van der Waals surface area contributed by atoms with Crippen molar-refractivity contribution in [2.24, 2.45) is 5.73 Å². The van der Waals surface area contributed by atoms with Crippen LogP contribution >= 0.6 is 24.8 Å². The van der Waals surface area contributed by atoms with Gasteiger partial charge in [0.05, 0.1) is 5.56 Å². The van der Waals surface area contributed by atoms with Crippen LogP contribution in [0.15, 0.2) is 67.0 Å². The van der Waals surface area contributed by atoms with Gasteiger partial charge in [-0.2, -0.15) is 0 Å². The number of aromatic nitrogens is 1. The minimum Gasteiger partial charge on any atom is -0.339 e. The molecule has 1 aliphatic heterocycles. The fourth-order valence-electron chi connectivity index (χ4n) is 4.58. The van der Waals surface area contributed by atoms with Gasteiger partial charge < -0.3 is 10.6 Å². The van der Waals surface area contributed by atoms with Crippen molar-refractivity contribution in [1.29, 1.82) is 0 Å². The van der Waals surface area contributed by atoms with Crippen molar-refractivity contribution in [1.82, 2.24) is 9.88 Å². The number of piperidine rings is 1. The standard InChI is InChI=1S/C27H31N3O.2ClH/c1-19-8-9-21(16-28)14-26(19)23-10-12-30(13-11-23)27(31)25-15-24(17-29-18-25)20(2)22-6-4-3-5-7-22;;/h3-9,14-15,17-18,20,23H,10-13,16,28H2,1-2H3;2*1H. The molecule has 1 fully saturated rings. The van der Waals surface area contributed by atoms with E-state index in [4.69, 9.17) is 5.73 Å². The van der Waals surface area contributed by atoms with Crippen molar-refractivity contribution in [3.63, 3.8) is 0 Å². The maximum Gasteiger partial charge on any atom is 0.255 e. The predicted molar refractivity (Wildman–Crippen MR) is 140 cm³/mol. The van der Waals surface area contributed by atoms with Crippen LogP contribution in [-0.4, -0.2) is 28.9 Å². The molecule has 1 aromatic heterocycles. The number of hydrogen-bond donors (Lipinski definition) is 1. The molecule has 3 aromatic rings. The molecule has 2 aromatic carbocycles. The van der Waals surface area contributed by atoms with Gasteiger partial charge in [-0.15, -0.1) is 24.8 Å². The van der Waals surface area contributed by atoms with E-state index in [1.165, 1.54) is 22.3 Å². The van der Waals surface area contributed by atoms with Crippen LogP contribution in [0.25, 0.3) is 0 Å². The van der Waals surface area contributed by atoms with Gasteiger partial charge >= 0.3 is 0 Å². The first-order valence-electron chi connectivity index (χ1n) is 11.2. The summed E-state index contributed by atoms with van der Waals surface area (Å²) in [6, 6.07) is 18.9. The number of pyridine rings is 1. The SMILES string of the molecule is Cc1ccc(CN)cc1C1CCN(C(=O)c2cncc(C(C)c3ccccc3)c2)CC1.Cl.Cl. The van der Waals surface area contributed by atoms with E-state index in [1.807, 2.05) is 35.4 Å². The summed E-state index contributed by atoms with van der Waals surface area (Å²) in [6.45, 7) is 6.43. The van der Waals surface area contributed by atoms with Crippen molar-refractivity contribution in [2.45, 2.75) is 45.1 Å². The number of rotatable bonds is 5. The number of aryl methyl sites for hydroxylation is 1. The van der Waals surface area contributed by atoms with Crippen LogP contribution < -0.4 is 5.73 Å². The van der Waals surface area contributed by atoms with Gasteiger partial charge in [-0.1, -0.05) is 55.5 Å². The highest BCUT2D eigenvalue weighted by atomic mass is 35.5. The van der Waals surface area contributed by atoms with Crippen LogP contribution in [0.1, 0.15) is 69.8 Å². The molecular weight excluding hydrogens is 453 g/mol. The molecule has 33 heavy (non-hydrogen) atoms. The minimum atomic E-state index is 0. The van der Waals surface area contributed by atoms with Crippen molar-refractivity contribution in [3.05, 3.63) is 100 Å². The molecule has 0 saturated carbocycles. The maximum absolute atomic E-state index is 13.2. The smallest absolute Gasteiger partial charge is 0.255 e. The van der Waals surface area contributed by atoms with E-state index in [9.17, 15) is 4.79 Å². The Balaban J connectivity index is 0.00000193. The number of carbonyl (C=O) groups is 1. The van der Waals surface area contributed by atoms with Crippen molar-refractivity contribution in [3.8, 4) is 0 Å². The summed E-state index contributed by atoms with van der Waals surface area (Å²) in [5.41, 5.74) is 12.7. The van der Waals surface area contributed by atoms with Crippen LogP contribution in [0.5, 0.6) is 0 Å². The Kier molecular flexibility index (Phi) is 9.90. The highest BCUT2D eigenvalue weighted by Gasteiger charge is 2.26. The summed E-state index contributed by atoms with van der Waals surface area (Å²) >= 11 is 0. The van der Waals surface area contributed by atoms with Crippen LogP contribution in [0.4, 0.5) is 0 Å². The lowest BCUT2D eigenvalue weighted by atomic mass is 9.85. The van der Waals surface area contributed by atoms with Gasteiger partial charge in [-0.05, 0) is 59.6 Å². The molecule has 6 heteroatoms. The quantitative estimate of drug-likeness (QED) is 0.491. The van der Waals surface area contributed by atoms with Crippen molar-refractivity contribution >= 4 is 30.7 Å². The summed E-state index contributed by atoms with van der Waals surface area (Å²) in [5.74, 6) is 0.767. The topological polar surface area (TPSA) is 59.2 Å². The third-order valence-electron chi connectivity index (χ3n) is 6.61. The van der Waals surface area contributed by atoms with Gasteiger partial charge in [0.25, 0.3) is 5.91 Å². The second-order valence-electron chi connectivity index (χ2n) is 8.60. The summed E-state index contributed by atoms with van der Waals surface area (Å²) in [5, 5.41) is 0. The molecule has 0 radical (unpaired) electrons. The molecule has 1 unspecified atom stereocenters. The lowest BCUT2D eigenvalue weighted by molar-refractivity contribution is 0.0712. The van der Waals surface area contributed by atoms with E-state index in [2.05, 4.69) is 49.2 Å². The van der Waals surface area contributed by atoms with E-state index in [0.717, 1.165) is 31.5 Å². The Bertz CT molecular complexity index is 1050. The molecule has 2 heterocycles. The Morgan fingerprint density at radius 2 is 1.73 bits per heavy atom. The molecule has 1 saturated heterocycles. The maximum atomic E-state index is 13.2. The molecule has 0 spiro atoms. The number of nitrogens with two attached hydrogens (primary N) is 1. The van der Waals surface area contributed by atoms with Gasteiger partial charge in [0, 0.05) is 37.9 Å². The largest absolute Gasteiger partial charge is 0.339 e. The highest BCUT2D eigenvalue weighted by molar-refractivity contribution is 5.94. The lowest BCUT2D eigenvalue weighted by Gasteiger charge is -2.33. The number of carbonyl (C=O) groups excluding carboxylic acids is 1. The van der Waals surface area contributed by atoms with Gasteiger partial charge in [0.2, 0.25) is 0 Å². The van der Waals surface area contributed by atoms with E-state index < -0.39 is 0 Å². The van der Waals surface area contributed by atoms with Gasteiger partial charge in [0.1, 0.15) is 0 Å². The van der Waals surface area contributed by atoms with E-state index in [-0.39, 0.29) is 36.6 Å². The molecular formula is C27H33Cl2N3O. The van der Waals surface area contributed by atoms with E-state index in [0.29, 0.717) is 18.0 Å². The van der Waals surface area contributed by atoms with Crippen LogP contribution in [0.2, 0.25) is 0 Å². The molecule has 4 nitrogen and oxygen atoms in total.